The van der Waals surface area contributed by atoms with Crippen LogP contribution in [0.4, 0.5) is 0 Å². The van der Waals surface area contributed by atoms with Gasteiger partial charge < -0.3 is 34.5 Å². The number of benzene rings is 3. The van der Waals surface area contributed by atoms with Crippen molar-refractivity contribution in [1.82, 2.24) is 14.9 Å². The average molecular weight is 632 g/mol. The Morgan fingerprint density at radius 2 is 1.46 bits per heavy atom. The van der Waals surface area contributed by atoms with E-state index in [9.17, 15) is 24.6 Å². The molecule has 0 aliphatic carbocycles. The molecule has 2 heterocycles. The van der Waals surface area contributed by atoms with Crippen LogP contribution in [0.15, 0.2) is 94.6 Å². The molecule has 4 atom stereocenters. The fourth-order valence-corrected chi connectivity index (χ4v) is 5.67. The lowest BCUT2D eigenvalue weighted by molar-refractivity contribution is -0.120. The predicted molar refractivity (Wildman–Crippen MR) is 168 cm³/mol. The van der Waals surface area contributed by atoms with Crippen molar-refractivity contribution >= 4 is 5.91 Å². The van der Waals surface area contributed by atoms with E-state index in [2.05, 4.69) is 10.3 Å². The number of hydrogen-bond donors (Lipinski definition) is 4. The third-order valence-electron chi connectivity index (χ3n) is 8.20. The van der Waals surface area contributed by atoms with Crippen LogP contribution in [-0.2, 0) is 26.4 Å². The van der Waals surface area contributed by atoms with Gasteiger partial charge in [-0.25, -0.2) is 4.79 Å². The molecule has 1 aromatic heterocycles. The van der Waals surface area contributed by atoms with E-state index in [1.807, 2.05) is 78.9 Å². The van der Waals surface area contributed by atoms with Gasteiger partial charge in [0.05, 0.1) is 26.4 Å². The van der Waals surface area contributed by atoms with Gasteiger partial charge in [-0.2, -0.15) is 0 Å². The molecule has 3 aromatic carbocycles. The third kappa shape index (κ3) is 6.46. The number of ether oxygens (including phenoxy) is 4. The van der Waals surface area contributed by atoms with E-state index >= 15 is 0 Å². The molecule has 242 valence electrons. The lowest BCUT2D eigenvalue weighted by Gasteiger charge is -2.37. The number of H-pyrrole nitrogens is 1. The number of carbonyl (C=O) groups excluding carboxylic acids is 1. The summed E-state index contributed by atoms with van der Waals surface area (Å²) in [6, 6.07) is 24.4. The fourth-order valence-electron chi connectivity index (χ4n) is 5.67. The minimum atomic E-state index is -1.51. The minimum absolute atomic E-state index is 0.00660. The SMILES string of the molecule is CNC(=O)CCn1cc([C@@H]2O[C@H](COC(c3ccccc3)(c3ccc(OC)cc3)c3ccc(OC)cc3)[C@@H](O)[C@H]2O)c(=O)[nH]c1=O. The first kappa shape index (κ1) is 32.6. The number of aliphatic hydroxyl groups excluding tert-OH is 2. The number of rotatable bonds is 12. The number of nitrogens with one attached hydrogen (secondary N) is 2. The van der Waals surface area contributed by atoms with Crippen molar-refractivity contribution in [2.24, 2.45) is 0 Å². The van der Waals surface area contributed by atoms with Crippen LogP contribution in [0.25, 0.3) is 0 Å². The summed E-state index contributed by atoms with van der Waals surface area (Å²) in [5.74, 6) is 1.02. The summed E-state index contributed by atoms with van der Waals surface area (Å²) in [6.07, 6.45) is -4.04. The smallest absolute Gasteiger partial charge is 0.328 e. The average Bonchev–Trinajstić information content (AvgIpc) is 3.37. The minimum Gasteiger partial charge on any atom is -0.497 e. The molecule has 1 saturated heterocycles. The molecule has 0 saturated carbocycles. The number of aromatic amines is 1. The zero-order valence-electron chi connectivity index (χ0n) is 25.7. The molecule has 1 aliphatic rings. The fraction of sp³-hybridized carbons (Fsp3) is 0.324. The van der Waals surface area contributed by atoms with E-state index in [-0.39, 0.29) is 31.0 Å². The second kappa shape index (κ2) is 14.1. The number of hydrogen-bond acceptors (Lipinski definition) is 9. The molecule has 0 spiro atoms. The van der Waals surface area contributed by atoms with Crippen LogP contribution in [0, 0.1) is 0 Å². The number of methoxy groups -OCH3 is 2. The summed E-state index contributed by atoms with van der Waals surface area (Å²) in [4.78, 5) is 39.2. The second-order valence-electron chi connectivity index (χ2n) is 10.9. The highest BCUT2D eigenvalue weighted by Gasteiger charge is 2.47. The molecular weight excluding hydrogens is 594 g/mol. The largest absolute Gasteiger partial charge is 0.497 e. The molecule has 0 radical (unpaired) electrons. The first-order chi connectivity index (χ1) is 22.2. The molecule has 4 N–H and O–H groups in total. The van der Waals surface area contributed by atoms with Crippen molar-refractivity contribution in [1.29, 1.82) is 0 Å². The molecule has 5 rings (SSSR count). The van der Waals surface area contributed by atoms with E-state index in [1.165, 1.54) is 13.2 Å². The lowest BCUT2D eigenvalue weighted by Crippen LogP contribution is -2.39. The second-order valence-corrected chi connectivity index (χ2v) is 10.9. The molecule has 46 heavy (non-hydrogen) atoms. The van der Waals surface area contributed by atoms with Crippen LogP contribution in [0.1, 0.15) is 34.8 Å². The number of carbonyl (C=O) groups is 1. The zero-order valence-corrected chi connectivity index (χ0v) is 25.7. The van der Waals surface area contributed by atoms with Gasteiger partial charge in [0.25, 0.3) is 5.56 Å². The Morgan fingerprint density at radius 3 is 2.00 bits per heavy atom. The molecule has 12 nitrogen and oxygen atoms in total. The van der Waals surface area contributed by atoms with Crippen LogP contribution in [0.5, 0.6) is 11.5 Å². The lowest BCUT2D eigenvalue weighted by atomic mass is 9.80. The molecule has 4 aromatic rings. The van der Waals surface area contributed by atoms with Gasteiger partial charge in [0.2, 0.25) is 5.91 Å². The standard InChI is InChI=1S/C34H37N3O9/c1-35-28(38)17-18-37-19-26(32(41)36-33(37)42)31-30(40)29(39)27(46-31)20-45-34(21-7-5-4-6-8-21,22-9-13-24(43-2)14-10-22)23-11-15-25(44-3)16-12-23/h4-16,19,27,29-31,39-40H,17-18,20H2,1-3H3,(H,35,38)(H,36,41,42)/t27-,29-,30-,31+/m1/s1. The van der Waals surface area contributed by atoms with Crippen molar-refractivity contribution in [2.75, 3.05) is 27.9 Å². The van der Waals surface area contributed by atoms with Gasteiger partial charge in [-0.1, -0.05) is 54.6 Å². The maximum absolute atomic E-state index is 12.8. The van der Waals surface area contributed by atoms with Gasteiger partial charge in [-0.15, -0.1) is 0 Å². The van der Waals surface area contributed by atoms with Gasteiger partial charge in [-0.05, 0) is 41.0 Å². The van der Waals surface area contributed by atoms with Crippen molar-refractivity contribution in [3.8, 4) is 11.5 Å². The number of aryl methyl sites for hydroxylation is 1. The van der Waals surface area contributed by atoms with E-state index in [1.54, 1.807) is 14.2 Å². The normalized spacial score (nSPS) is 19.5. The topological polar surface area (TPSA) is 161 Å². The quantitative estimate of drug-likeness (QED) is 0.171. The Balaban J connectivity index is 1.51. The summed E-state index contributed by atoms with van der Waals surface area (Å²) in [6.45, 7) is -0.209. The Hall–Kier alpha value is -4.75. The van der Waals surface area contributed by atoms with Crippen LogP contribution < -0.4 is 26.0 Å². The zero-order chi connectivity index (χ0) is 32.8. The van der Waals surface area contributed by atoms with Crippen molar-refractivity contribution in [3.05, 3.63) is 128 Å². The number of aromatic nitrogens is 2. The van der Waals surface area contributed by atoms with Gasteiger partial charge >= 0.3 is 5.69 Å². The Kier molecular flexibility index (Phi) is 10.0. The summed E-state index contributed by atoms with van der Waals surface area (Å²) < 4.78 is 24.8. The molecule has 1 amide bonds. The molecule has 1 aliphatic heterocycles. The van der Waals surface area contributed by atoms with Gasteiger partial charge in [0.1, 0.15) is 41.5 Å². The number of aliphatic hydroxyl groups is 2. The van der Waals surface area contributed by atoms with E-state index in [4.69, 9.17) is 18.9 Å². The van der Waals surface area contributed by atoms with Gasteiger partial charge in [0.15, 0.2) is 0 Å². The molecule has 12 heteroatoms. The summed E-state index contributed by atoms with van der Waals surface area (Å²) in [7, 11) is 4.64. The highest BCUT2D eigenvalue weighted by Crippen LogP contribution is 2.43. The first-order valence-corrected chi connectivity index (χ1v) is 14.8. The predicted octanol–water partition coefficient (Wildman–Crippen LogP) is 1.86. The van der Waals surface area contributed by atoms with Crippen LogP contribution in [0.2, 0.25) is 0 Å². The van der Waals surface area contributed by atoms with E-state index in [0.29, 0.717) is 11.5 Å². The monoisotopic (exact) mass is 631 g/mol. The Labute approximate surface area is 265 Å². The van der Waals surface area contributed by atoms with Crippen LogP contribution in [0.3, 0.4) is 0 Å². The Morgan fingerprint density at radius 1 is 0.891 bits per heavy atom. The summed E-state index contributed by atoms with van der Waals surface area (Å²) in [5, 5.41) is 24.7. The van der Waals surface area contributed by atoms with E-state index < -0.39 is 41.3 Å². The highest BCUT2D eigenvalue weighted by atomic mass is 16.6. The van der Waals surface area contributed by atoms with Gasteiger partial charge in [-0.3, -0.25) is 19.1 Å². The maximum atomic E-state index is 12.8. The molecule has 1 fully saturated rings. The molecule has 0 bridgehead atoms. The van der Waals surface area contributed by atoms with E-state index in [0.717, 1.165) is 21.3 Å². The summed E-state index contributed by atoms with van der Waals surface area (Å²) >= 11 is 0. The highest BCUT2D eigenvalue weighted by molar-refractivity contribution is 5.75. The third-order valence-corrected chi connectivity index (χ3v) is 8.20. The van der Waals surface area contributed by atoms with Crippen molar-refractivity contribution < 1.29 is 34.0 Å². The van der Waals surface area contributed by atoms with Crippen LogP contribution >= 0.6 is 0 Å². The summed E-state index contributed by atoms with van der Waals surface area (Å²) in [5.41, 5.74) is -0.454. The van der Waals surface area contributed by atoms with Gasteiger partial charge in [0, 0.05) is 26.2 Å². The Bertz CT molecular complexity index is 1690. The molecular formula is C34H37N3O9. The van der Waals surface area contributed by atoms with Crippen molar-refractivity contribution in [3.63, 3.8) is 0 Å². The first-order valence-electron chi connectivity index (χ1n) is 14.8. The number of nitrogens with zero attached hydrogens (tertiary/aromatic N) is 1. The maximum Gasteiger partial charge on any atom is 0.328 e. The van der Waals surface area contributed by atoms with Crippen LogP contribution in [-0.4, -0.2) is 71.9 Å². The molecule has 0 unspecified atom stereocenters. The van der Waals surface area contributed by atoms with Crippen molar-refractivity contribution in [2.45, 2.75) is 43.0 Å². The number of amides is 1.